The molecule has 0 bridgehead atoms. The molecule has 0 radical (unpaired) electrons. The van der Waals surface area contributed by atoms with Crippen molar-refractivity contribution in [1.29, 1.82) is 0 Å². The normalized spacial score (nSPS) is 10.9. The molecule has 0 saturated carbocycles. The topological polar surface area (TPSA) is 21.3 Å². The van der Waals surface area contributed by atoms with E-state index >= 15 is 0 Å². The number of nitrogens with one attached hydrogen (secondary N) is 1. The van der Waals surface area contributed by atoms with Crippen LogP contribution in [0.4, 0.5) is 5.69 Å². The van der Waals surface area contributed by atoms with E-state index in [0.717, 1.165) is 17.0 Å². The minimum atomic E-state index is 0.513. The van der Waals surface area contributed by atoms with Gasteiger partial charge in [-0.05, 0) is 65.6 Å². The van der Waals surface area contributed by atoms with Crippen molar-refractivity contribution in [2.45, 2.75) is 27.0 Å². The molecule has 0 heterocycles. The zero-order valence-electron chi connectivity index (χ0n) is 16.7. The lowest BCUT2D eigenvalue weighted by atomic mass is 10.1. The van der Waals surface area contributed by atoms with Gasteiger partial charge in [-0.2, -0.15) is 0 Å². The Morgan fingerprint density at radius 1 is 0.828 bits per heavy atom. The lowest BCUT2D eigenvalue weighted by Gasteiger charge is -2.16. The lowest BCUT2D eigenvalue weighted by molar-refractivity contribution is 0.305. The van der Waals surface area contributed by atoms with Gasteiger partial charge in [0.05, 0.1) is 0 Å². The molecule has 0 fully saturated rings. The second-order valence-corrected chi connectivity index (χ2v) is 7.72. The summed E-state index contributed by atoms with van der Waals surface area (Å²) in [5.74, 6) is 0.847. The first kappa shape index (κ1) is 19.4. The number of anilines is 1. The molecule has 0 saturated heterocycles. The Morgan fingerprint density at radius 2 is 1.62 bits per heavy atom. The molecule has 1 N–H and O–H groups in total. The molecule has 0 aliphatic rings. The van der Waals surface area contributed by atoms with Crippen molar-refractivity contribution in [3.8, 4) is 5.75 Å². The number of halogens is 1. The molecule has 2 nitrogen and oxygen atoms in total. The molecule has 0 amide bonds. The van der Waals surface area contributed by atoms with E-state index in [1.165, 1.54) is 27.5 Å². The van der Waals surface area contributed by atoms with E-state index in [4.69, 9.17) is 16.3 Å². The molecule has 4 aromatic carbocycles. The second-order valence-electron chi connectivity index (χ2n) is 7.28. The van der Waals surface area contributed by atoms with Gasteiger partial charge in [-0.3, -0.25) is 0 Å². The zero-order valence-corrected chi connectivity index (χ0v) is 17.5. The highest BCUT2D eigenvalue weighted by molar-refractivity contribution is 6.30. The van der Waals surface area contributed by atoms with Crippen LogP contribution in [-0.4, -0.2) is 0 Å². The number of aryl methyl sites for hydroxylation is 1. The Hall–Kier alpha value is -2.97. The monoisotopic (exact) mass is 401 g/mol. The van der Waals surface area contributed by atoms with E-state index < -0.39 is 0 Å². The van der Waals surface area contributed by atoms with Crippen LogP contribution in [0, 0.1) is 13.8 Å². The van der Waals surface area contributed by atoms with E-state index in [0.29, 0.717) is 18.2 Å². The van der Waals surface area contributed by atoms with Gasteiger partial charge in [-0.15, -0.1) is 0 Å². The van der Waals surface area contributed by atoms with Crippen molar-refractivity contribution in [2.24, 2.45) is 0 Å². The molecule has 0 unspecified atom stereocenters. The molecule has 4 rings (SSSR count). The van der Waals surface area contributed by atoms with Gasteiger partial charge in [0.15, 0.2) is 0 Å². The SMILES string of the molecule is Cc1cccc(NCc2cc(Cl)ccc2OCc2cccc3ccccc23)c1C. The first-order valence-corrected chi connectivity index (χ1v) is 10.2. The highest BCUT2D eigenvalue weighted by atomic mass is 35.5. The van der Waals surface area contributed by atoms with Crippen LogP contribution in [0.1, 0.15) is 22.3 Å². The van der Waals surface area contributed by atoms with Gasteiger partial charge in [0.25, 0.3) is 0 Å². The molecule has 4 aromatic rings. The molecule has 146 valence electrons. The third kappa shape index (κ3) is 4.38. The fraction of sp³-hybridized carbons (Fsp3) is 0.154. The summed E-state index contributed by atoms with van der Waals surface area (Å²) in [4.78, 5) is 0. The van der Waals surface area contributed by atoms with Crippen molar-refractivity contribution >= 4 is 28.1 Å². The molecule has 0 spiro atoms. The summed E-state index contributed by atoms with van der Waals surface area (Å²) in [6.45, 7) is 5.42. The van der Waals surface area contributed by atoms with Gasteiger partial charge in [-0.1, -0.05) is 66.2 Å². The van der Waals surface area contributed by atoms with Gasteiger partial charge >= 0.3 is 0 Å². The summed E-state index contributed by atoms with van der Waals surface area (Å²) in [7, 11) is 0. The standard InChI is InChI=1S/C26H24ClNO/c1-18-7-5-12-25(19(18)2)28-16-22-15-23(27)13-14-26(22)29-17-21-10-6-9-20-8-3-4-11-24(20)21/h3-15,28H,16-17H2,1-2H3. The van der Waals surface area contributed by atoms with E-state index in [1.807, 2.05) is 18.2 Å². The van der Waals surface area contributed by atoms with Crippen molar-refractivity contribution < 1.29 is 4.74 Å². The van der Waals surface area contributed by atoms with Crippen LogP contribution in [0.15, 0.2) is 78.9 Å². The number of hydrogen-bond acceptors (Lipinski definition) is 2. The predicted molar refractivity (Wildman–Crippen MR) is 123 cm³/mol. The molecule has 3 heteroatoms. The highest BCUT2D eigenvalue weighted by Gasteiger charge is 2.08. The van der Waals surface area contributed by atoms with Gasteiger partial charge in [-0.25, -0.2) is 0 Å². The van der Waals surface area contributed by atoms with Gasteiger partial charge in [0.1, 0.15) is 12.4 Å². The van der Waals surface area contributed by atoms with E-state index in [-0.39, 0.29) is 0 Å². The Balaban J connectivity index is 1.54. The first-order valence-electron chi connectivity index (χ1n) is 9.80. The molecule has 0 aliphatic carbocycles. The van der Waals surface area contributed by atoms with Crippen LogP contribution in [0.2, 0.25) is 5.02 Å². The molecule has 0 atom stereocenters. The van der Waals surface area contributed by atoms with Gasteiger partial charge < -0.3 is 10.1 Å². The van der Waals surface area contributed by atoms with E-state index in [1.54, 1.807) is 0 Å². The smallest absolute Gasteiger partial charge is 0.124 e. The fourth-order valence-corrected chi connectivity index (χ4v) is 3.73. The largest absolute Gasteiger partial charge is 0.489 e. The summed E-state index contributed by atoms with van der Waals surface area (Å²) in [6.07, 6.45) is 0. The molecular formula is C26H24ClNO. The minimum absolute atomic E-state index is 0.513. The van der Waals surface area contributed by atoms with Crippen LogP contribution < -0.4 is 10.1 Å². The quantitative estimate of drug-likeness (QED) is 0.366. The number of rotatable bonds is 6. The van der Waals surface area contributed by atoms with Crippen LogP contribution in [0.5, 0.6) is 5.75 Å². The summed E-state index contributed by atoms with van der Waals surface area (Å²) in [5, 5.41) is 6.68. The molecule has 29 heavy (non-hydrogen) atoms. The predicted octanol–water partition coefficient (Wildman–Crippen LogP) is 7.30. The van der Waals surface area contributed by atoms with Crippen LogP contribution >= 0.6 is 11.6 Å². The van der Waals surface area contributed by atoms with Crippen molar-refractivity contribution in [2.75, 3.05) is 5.32 Å². The van der Waals surface area contributed by atoms with Crippen molar-refractivity contribution in [3.63, 3.8) is 0 Å². The highest BCUT2D eigenvalue weighted by Crippen LogP contribution is 2.27. The number of fused-ring (bicyclic) bond motifs is 1. The van der Waals surface area contributed by atoms with Crippen LogP contribution in [0.3, 0.4) is 0 Å². The minimum Gasteiger partial charge on any atom is -0.489 e. The fourth-order valence-electron chi connectivity index (χ4n) is 3.53. The third-order valence-corrected chi connectivity index (χ3v) is 5.59. The Kier molecular flexibility index (Phi) is 5.73. The molecule has 0 aliphatic heterocycles. The second kappa shape index (κ2) is 8.59. The average molecular weight is 402 g/mol. The maximum Gasteiger partial charge on any atom is 0.124 e. The Morgan fingerprint density at radius 3 is 2.52 bits per heavy atom. The maximum absolute atomic E-state index is 6.27. The number of hydrogen-bond donors (Lipinski definition) is 1. The van der Waals surface area contributed by atoms with Crippen molar-refractivity contribution in [3.05, 3.63) is 106 Å². The lowest BCUT2D eigenvalue weighted by Crippen LogP contribution is -2.05. The third-order valence-electron chi connectivity index (χ3n) is 5.36. The van der Waals surface area contributed by atoms with Gasteiger partial charge in [0.2, 0.25) is 0 Å². The van der Waals surface area contributed by atoms with E-state index in [2.05, 4.69) is 79.8 Å². The number of ether oxygens (including phenoxy) is 1. The van der Waals surface area contributed by atoms with Crippen LogP contribution in [-0.2, 0) is 13.2 Å². The Bertz CT molecular complexity index is 1150. The number of benzene rings is 4. The zero-order chi connectivity index (χ0) is 20.2. The molecular weight excluding hydrogens is 378 g/mol. The summed E-state index contributed by atoms with van der Waals surface area (Å²) in [5.41, 5.74) is 5.87. The summed E-state index contributed by atoms with van der Waals surface area (Å²) >= 11 is 6.27. The maximum atomic E-state index is 6.27. The van der Waals surface area contributed by atoms with Crippen LogP contribution in [0.25, 0.3) is 10.8 Å². The summed E-state index contributed by atoms with van der Waals surface area (Å²) < 4.78 is 6.23. The van der Waals surface area contributed by atoms with E-state index in [9.17, 15) is 0 Å². The van der Waals surface area contributed by atoms with Crippen molar-refractivity contribution in [1.82, 2.24) is 0 Å². The summed E-state index contributed by atoms with van der Waals surface area (Å²) in [6, 6.07) is 26.8. The average Bonchev–Trinajstić information content (AvgIpc) is 2.74. The van der Waals surface area contributed by atoms with Gasteiger partial charge in [0, 0.05) is 22.8 Å². The molecule has 0 aromatic heterocycles. The Labute approximate surface area is 177 Å². The first-order chi connectivity index (χ1) is 14.1.